The molecule has 3 aromatic carbocycles. The highest BCUT2D eigenvalue weighted by Crippen LogP contribution is 2.38. The van der Waals surface area contributed by atoms with Gasteiger partial charge in [-0.2, -0.15) is 9.57 Å². The fraction of sp³-hybridized carbons (Fsp3) is 0.303. The summed E-state index contributed by atoms with van der Waals surface area (Å²) in [5, 5.41) is 13.6. The Hall–Kier alpha value is -3.70. The minimum Gasteiger partial charge on any atom is -0.343 e. The second-order valence-corrected chi connectivity index (χ2v) is 12.7. The molecule has 1 saturated heterocycles. The van der Waals surface area contributed by atoms with Crippen molar-refractivity contribution in [1.82, 2.24) is 14.2 Å². The first kappa shape index (κ1) is 27.9. The molecule has 0 amide bonds. The van der Waals surface area contributed by atoms with E-state index in [4.69, 9.17) is 0 Å². The maximum absolute atomic E-state index is 14.2. The minimum atomic E-state index is -4.08. The molecule has 0 bridgehead atoms. The molecule has 1 aromatic heterocycles. The van der Waals surface area contributed by atoms with Crippen LogP contribution in [0.5, 0.6) is 0 Å². The molecule has 0 aliphatic carbocycles. The lowest BCUT2D eigenvalue weighted by atomic mass is 9.91. The quantitative estimate of drug-likeness (QED) is 0.234. The van der Waals surface area contributed by atoms with Gasteiger partial charge in [-0.15, -0.1) is 6.58 Å². The molecular formula is C33H36N4O2S. The molecule has 5 rings (SSSR count). The molecule has 1 aliphatic heterocycles. The lowest BCUT2D eigenvalue weighted by Gasteiger charge is -2.30. The topological polar surface area (TPSA) is 78.1 Å². The Bertz CT molecular complexity index is 1580. The summed E-state index contributed by atoms with van der Waals surface area (Å²) in [6.07, 6.45) is 6.27. The molecule has 206 valence electrons. The lowest BCUT2D eigenvalue weighted by molar-refractivity contribution is 0.414. The first-order valence-corrected chi connectivity index (χ1v) is 15.3. The third kappa shape index (κ3) is 5.23. The average molecular weight is 553 g/mol. The van der Waals surface area contributed by atoms with Crippen LogP contribution >= 0.6 is 0 Å². The van der Waals surface area contributed by atoms with Crippen LogP contribution in [0.15, 0.2) is 97.7 Å². The van der Waals surface area contributed by atoms with E-state index in [1.54, 1.807) is 13.1 Å². The zero-order chi connectivity index (χ0) is 28.3. The summed E-state index contributed by atoms with van der Waals surface area (Å²) in [4.78, 5) is 0. The van der Waals surface area contributed by atoms with Crippen LogP contribution in [0.4, 0.5) is 0 Å². The lowest BCUT2D eigenvalue weighted by Crippen LogP contribution is -2.35. The van der Waals surface area contributed by atoms with E-state index in [0.29, 0.717) is 18.2 Å². The fourth-order valence-corrected chi connectivity index (χ4v) is 7.52. The van der Waals surface area contributed by atoms with Crippen LogP contribution in [0.1, 0.15) is 59.2 Å². The molecule has 2 heterocycles. The van der Waals surface area contributed by atoms with Gasteiger partial charge in [-0.25, -0.2) is 8.42 Å². The third-order valence-corrected chi connectivity index (χ3v) is 10.2. The van der Waals surface area contributed by atoms with Crippen molar-refractivity contribution >= 4 is 20.9 Å². The largest absolute Gasteiger partial charge is 0.343 e. The molecule has 0 saturated carbocycles. The summed E-state index contributed by atoms with van der Waals surface area (Å²) in [6, 6.07) is 26.7. The van der Waals surface area contributed by atoms with Crippen molar-refractivity contribution in [3.63, 3.8) is 0 Å². The van der Waals surface area contributed by atoms with Crippen LogP contribution in [0.2, 0.25) is 0 Å². The van der Waals surface area contributed by atoms with Gasteiger partial charge in [0.2, 0.25) is 10.0 Å². The number of allylic oxidation sites excluding steroid dienone is 1. The number of nitriles is 1. The molecule has 1 aliphatic rings. The number of hydrogen-bond donors (Lipinski definition) is 1. The summed E-state index contributed by atoms with van der Waals surface area (Å²) in [6.45, 7) is 7.79. The predicted octanol–water partition coefficient (Wildman–Crippen LogP) is 6.30. The molecule has 7 heteroatoms. The van der Waals surface area contributed by atoms with Gasteiger partial charge >= 0.3 is 0 Å². The van der Waals surface area contributed by atoms with Gasteiger partial charge in [-0.05, 0) is 59.7 Å². The molecule has 0 radical (unpaired) electrons. The molecule has 3 atom stereocenters. The van der Waals surface area contributed by atoms with Gasteiger partial charge in [-0.1, -0.05) is 79.7 Å². The van der Waals surface area contributed by atoms with Gasteiger partial charge in [-0.3, -0.25) is 0 Å². The van der Waals surface area contributed by atoms with Crippen molar-refractivity contribution < 1.29 is 8.42 Å². The number of nitrogens with zero attached hydrogens (tertiary/aromatic N) is 3. The SMILES string of the molecule is C=CCn1cc(C(C)C2CCCN2)c2cc(C(C#N)S(=O)(=O)N(C)C(c3ccccc3)c3ccccc3)ccc21. The Morgan fingerprint density at radius 1 is 1.07 bits per heavy atom. The highest BCUT2D eigenvalue weighted by molar-refractivity contribution is 7.89. The normalized spacial score (nSPS) is 17.2. The van der Waals surface area contributed by atoms with Gasteiger partial charge in [0.1, 0.15) is 0 Å². The van der Waals surface area contributed by atoms with Crippen molar-refractivity contribution in [1.29, 1.82) is 5.26 Å². The number of sulfonamides is 1. The van der Waals surface area contributed by atoms with Crippen LogP contribution in [0, 0.1) is 11.3 Å². The summed E-state index contributed by atoms with van der Waals surface area (Å²) in [5.74, 6) is 0.242. The zero-order valence-corrected chi connectivity index (χ0v) is 23.9. The predicted molar refractivity (Wildman–Crippen MR) is 161 cm³/mol. The molecule has 3 unspecified atom stereocenters. The van der Waals surface area contributed by atoms with Gasteiger partial charge in [0.25, 0.3) is 0 Å². The summed E-state index contributed by atoms with van der Waals surface area (Å²) >= 11 is 0. The second kappa shape index (κ2) is 11.8. The monoisotopic (exact) mass is 552 g/mol. The first-order valence-electron chi connectivity index (χ1n) is 13.8. The van der Waals surface area contributed by atoms with Gasteiger partial charge in [0.05, 0.1) is 12.1 Å². The van der Waals surface area contributed by atoms with Crippen molar-refractivity contribution in [2.24, 2.45) is 0 Å². The number of aromatic nitrogens is 1. The molecule has 4 aromatic rings. The van der Waals surface area contributed by atoms with Crippen molar-refractivity contribution in [3.8, 4) is 6.07 Å². The van der Waals surface area contributed by atoms with Crippen LogP contribution in [0.3, 0.4) is 0 Å². The summed E-state index contributed by atoms with van der Waals surface area (Å²) in [7, 11) is -2.51. The smallest absolute Gasteiger partial charge is 0.235 e. The summed E-state index contributed by atoms with van der Waals surface area (Å²) < 4.78 is 31.9. The Morgan fingerprint density at radius 2 is 1.73 bits per heavy atom. The standard InChI is InChI=1S/C33H36N4O2S/c1-4-20-37-23-29(24(2)30-16-11-19-35-30)28-21-27(17-18-31(28)37)32(22-34)40(38,39)36(3)33(25-12-7-5-8-13-25)26-14-9-6-10-15-26/h4-10,12-15,17-18,21,23-24,30,32-33,35H,1,11,16,19-20H2,2-3H3. The van der Waals surface area contributed by atoms with E-state index >= 15 is 0 Å². The van der Waals surface area contributed by atoms with E-state index in [1.165, 1.54) is 4.31 Å². The number of benzene rings is 3. The van der Waals surface area contributed by atoms with Crippen LogP contribution in [-0.4, -0.2) is 36.9 Å². The fourth-order valence-electron chi connectivity index (χ4n) is 6.02. The van der Waals surface area contributed by atoms with E-state index in [1.807, 2.05) is 78.9 Å². The number of rotatable bonds is 10. The molecular weight excluding hydrogens is 516 g/mol. The second-order valence-electron chi connectivity index (χ2n) is 10.6. The molecule has 1 N–H and O–H groups in total. The molecule has 1 fully saturated rings. The number of nitrogens with one attached hydrogen (secondary N) is 1. The van der Waals surface area contributed by atoms with Crippen LogP contribution in [-0.2, 0) is 16.6 Å². The van der Waals surface area contributed by atoms with Gasteiger partial charge in [0, 0.05) is 36.7 Å². The van der Waals surface area contributed by atoms with Gasteiger partial charge in [0.15, 0.2) is 5.25 Å². The Kier molecular flexibility index (Phi) is 8.22. The van der Waals surface area contributed by atoms with E-state index < -0.39 is 21.3 Å². The molecule has 0 spiro atoms. The van der Waals surface area contributed by atoms with Gasteiger partial charge < -0.3 is 9.88 Å². The maximum atomic E-state index is 14.2. The Labute approximate surface area is 237 Å². The van der Waals surface area contributed by atoms with E-state index in [2.05, 4.69) is 35.7 Å². The van der Waals surface area contributed by atoms with Crippen molar-refractivity contribution in [2.75, 3.05) is 13.6 Å². The van der Waals surface area contributed by atoms with Crippen molar-refractivity contribution in [2.45, 2.75) is 49.6 Å². The first-order chi connectivity index (χ1) is 19.4. The highest BCUT2D eigenvalue weighted by Gasteiger charge is 2.37. The Balaban J connectivity index is 1.58. The van der Waals surface area contributed by atoms with E-state index in [0.717, 1.165) is 47.0 Å². The van der Waals surface area contributed by atoms with E-state index in [9.17, 15) is 13.7 Å². The number of fused-ring (bicyclic) bond motifs is 1. The third-order valence-electron chi connectivity index (χ3n) is 8.17. The average Bonchev–Trinajstić information content (AvgIpc) is 3.63. The highest BCUT2D eigenvalue weighted by atomic mass is 32.2. The zero-order valence-electron chi connectivity index (χ0n) is 23.1. The van der Waals surface area contributed by atoms with E-state index in [-0.39, 0.29) is 5.92 Å². The van der Waals surface area contributed by atoms with Crippen LogP contribution < -0.4 is 5.32 Å². The van der Waals surface area contributed by atoms with Crippen molar-refractivity contribution in [3.05, 3.63) is 120 Å². The van der Waals surface area contributed by atoms with Crippen LogP contribution in [0.25, 0.3) is 10.9 Å². The maximum Gasteiger partial charge on any atom is 0.235 e. The molecule has 6 nitrogen and oxygen atoms in total. The summed E-state index contributed by atoms with van der Waals surface area (Å²) in [5.41, 5.74) is 4.33. The Morgan fingerprint density at radius 3 is 2.27 bits per heavy atom. The minimum absolute atomic E-state index is 0.242. The number of hydrogen-bond acceptors (Lipinski definition) is 4. The molecule has 40 heavy (non-hydrogen) atoms.